The molecule has 156 valence electrons. The smallest absolute Gasteiger partial charge is 0.275 e. The van der Waals surface area contributed by atoms with Crippen molar-refractivity contribution in [3.63, 3.8) is 0 Å². The van der Waals surface area contributed by atoms with Crippen molar-refractivity contribution in [1.29, 1.82) is 0 Å². The molecule has 3 N–H and O–H groups in total. The number of hydrogen-bond acceptors (Lipinski definition) is 7. The summed E-state index contributed by atoms with van der Waals surface area (Å²) in [6.45, 7) is 1.60. The summed E-state index contributed by atoms with van der Waals surface area (Å²) in [6, 6.07) is 15.7. The quantitative estimate of drug-likeness (QED) is 0.508. The van der Waals surface area contributed by atoms with Crippen molar-refractivity contribution < 1.29 is 14.3 Å². The van der Waals surface area contributed by atoms with E-state index in [1.54, 1.807) is 12.5 Å². The van der Waals surface area contributed by atoms with Gasteiger partial charge >= 0.3 is 0 Å². The Kier molecular flexibility index (Phi) is 6.46. The number of thiazole rings is 1. The number of methoxy groups -OCH3 is 1. The summed E-state index contributed by atoms with van der Waals surface area (Å²) in [5.74, 6) is 0.549. The van der Waals surface area contributed by atoms with Crippen LogP contribution in [0.4, 0.5) is 22.2 Å². The van der Waals surface area contributed by atoms with Crippen LogP contribution in [0.1, 0.15) is 23.3 Å². The minimum absolute atomic E-state index is 0.237. The fourth-order valence-corrected chi connectivity index (χ4v) is 3.87. The third-order valence-electron chi connectivity index (χ3n) is 4.81. The second kappa shape index (κ2) is 9.60. The molecule has 1 saturated heterocycles. The molecule has 0 unspecified atom stereocenters. The van der Waals surface area contributed by atoms with Gasteiger partial charge in [-0.05, 0) is 61.4 Å². The second-order valence-electron chi connectivity index (χ2n) is 6.95. The standard InChI is InChI=1S/C22H24N4O3S/c1-28-19-8-6-17(7-9-19)25-22-26-20(14-30-22)21(27)24-16-4-2-15(3-5-16)23-18-10-12-29-13-11-18/h2-9,14,18,23H,10-13H2,1H3,(H,24,27)(H,25,26). The number of amides is 1. The lowest BCUT2D eigenvalue weighted by Crippen LogP contribution is -2.27. The molecule has 1 fully saturated rings. The highest BCUT2D eigenvalue weighted by atomic mass is 32.1. The van der Waals surface area contributed by atoms with Crippen LogP contribution in [0, 0.1) is 0 Å². The van der Waals surface area contributed by atoms with Gasteiger partial charge in [-0.15, -0.1) is 11.3 Å². The summed E-state index contributed by atoms with van der Waals surface area (Å²) in [4.78, 5) is 16.9. The van der Waals surface area contributed by atoms with Crippen molar-refractivity contribution in [2.45, 2.75) is 18.9 Å². The fourth-order valence-electron chi connectivity index (χ4n) is 3.16. The Labute approximate surface area is 179 Å². The number of carbonyl (C=O) groups is 1. The predicted molar refractivity (Wildman–Crippen MR) is 120 cm³/mol. The van der Waals surface area contributed by atoms with Crippen LogP contribution >= 0.6 is 11.3 Å². The van der Waals surface area contributed by atoms with Gasteiger partial charge in [-0.1, -0.05) is 0 Å². The molecule has 1 aromatic heterocycles. The molecule has 0 atom stereocenters. The Hall–Kier alpha value is -3.10. The number of anilines is 4. The van der Waals surface area contributed by atoms with E-state index in [2.05, 4.69) is 20.9 Å². The number of nitrogens with zero attached hydrogens (tertiary/aromatic N) is 1. The van der Waals surface area contributed by atoms with Crippen LogP contribution in [0.2, 0.25) is 0 Å². The van der Waals surface area contributed by atoms with Crippen LogP contribution in [0.5, 0.6) is 5.75 Å². The Morgan fingerprint density at radius 1 is 1.03 bits per heavy atom. The number of aromatic nitrogens is 1. The van der Waals surface area contributed by atoms with Gasteiger partial charge in [0.25, 0.3) is 5.91 Å². The topological polar surface area (TPSA) is 84.5 Å². The van der Waals surface area contributed by atoms with Crippen LogP contribution in [-0.2, 0) is 4.74 Å². The van der Waals surface area contributed by atoms with E-state index in [0.717, 1.165) is 48.9 Å². The summed E-state index contributed by atoms with van der Waals surface area (Å²) in [7, 11) is 1.63. The van der Waals surface area contributed by atoms with Crippen molar-refractivity contribution in [3.05, 3.63) is 59.6 Å². The summed E-state index contributed by atoms with van der Waals surface area (Å²) in [6.07, 6.45) is 2.02. The van der Waals surface area contributed by atoms with Gasteiger partial charge < -0.3 is 25.4 Å². The van der Waals surface area contributed by atoms with Gasteiger partial charge in [0.05, 0.1) is 7.11 Å². The first-order valence-electron chi connectivity index (χ1n) is 9.82. The van der Waals surface area contributed by atoms with Gasteiger partial charge in [-0.2, -0.15) is 0 Å². The van der Waals surface area contributed by atoms with Gasteiger partial charge in [-0.3, -0.25) is 4.79 Å². The van der Waals surface area contributed by atoms with Crippen LogP contribution < -0.4 is 20.7 Å². The van der Waals surface area contributed by atoms with Crippen LogP contribution in [0.25, 0.3) is 0 Å². The maximum absolute atomic E-state index is 12.5. The summed E-state index contributed by atoms with van der Waals surface area (Å²) >= 11 is 1.38. The molecular formula is C22H24N4O3S. The number of benzene rings is 2. The molecule has 0 bridgehead atoms. The van der Waals surface area contributed by atoms with E-state index in [1.165, 1.54) is 11.3 Å². The van der Waals surface area contributed by atoms with E-state index < -0.39 is 0 Å². The number of carbonyl (C=O) groups excluding carboxylic acids is 1. The lowest BCUT2D eigenvalue weighted by Gasteiger charge is -2.24. The summed E-state index contributed by atoms with van der Waals surface area (Å²) < 4.78 is 10.5. The van der Waals surface area contributed by atoms with Gasteiger partial charge in [0.2, 0.25) is 0 Å². The van der Waals surface area contributed by atoms with E-state index in [9.17, 15) is 4.79 Å². The molecule has 1 aliphatic rings. The van der Waals surface area contributed by atoms with Crippen molar-refractivity contribution >= 4 is 39.4 Å². The maximum Gasteiger partial charge on any atom is 0.275 e. The van der Waals surface area contributed by atoms with Crippen LogP contribution in [0.3, 0.4) is 0 Å². The average Bonchev–Trinajstić information content (AvgIpc) is 3.25. The highest BCUT2D eigenvalue weighted by molar-refractivity contribution is 7.14. The Morgan fingerprint density at radius 3 is 2.40 bits per heavy atom. The first kappa shape index (κ1) is 20.2. The van der Waals surface area contributed by atoms with Gasteiger partial charge in [0.15, 0.2) is 5.13 Å². The molecule has 1 amide bonds. The van der Waals surface area contributed by atoms with Crippen LogP contribution in [0.15, 0.2) is 53.9 Å². The van der Waals surface area contributed by atoms with E-state index >= 15 is 0 Å². The molecule has 30 heavy (non-hydrogen) atoms. The Bertz CT molecular complexity index is 967. The van der Waals surface area contributed by atoms with Crippen molar-refractivity contribution in [1.82, 2.24) is 4.98 Å². The first-order valence-corrected chi connectivity index (χ1v) is 10.7. The monoisotopic (exact) mass is 424 g/mol. The zero-order chi connectivity index (χ0) is 20.8. The minimum atomic E-state index is -0.237. The Balaban J connectivity index is 1.32. The SMILES string of the molecule is COc1ccc(Nc2nc(C(=O)Nc3ccc(NC4CCOCC4)cc3)cs2)cc1. The molecule has 7 nitrogen and oxygen atoms in total. The fraction of sp³-hybridized carbons (Fsp3) is 0.273. The highest BCUT2D eigenvalue weighted by Gasteiger charge is 2.14. The van der Waals surface area contributed by atoms with E-state index in [1.807, 2.05) is 48.5 Å². The van der Waals surface area contributed by atoms with Crippen LogP contribution in [-0.4, -0.2) is 37.3 Å². The second-order valence-corrected chi connectivity index (χ2v) is 7.81. The zero-order valence-electron chi connectivity index (χ0n) is 16.7. The van der Waals surface area contributed by atoms with E-state index in [-0.39, 0.29) is 5.91 Å². The average molecular weight is 425 g/mol. The minimum Gasteiger partial charge on any atom is -0.497 e. The molecule has 4 rings (SSSR count). The molecule has 0 spiro atoms. The summed E-state index contributed by atoms with van der Waals surface area (Å²) in [5, 5.41) is 12.0. The number of nitrogens with one attached hydrogen (secondary N) is 3. The van der Waals surface area contributed by atoms with Gasteiger partial charge in [0.1, 0.15) is 11.4 Å². The van der Waals surface area contributed by atoms with Crippen molar-refractivity contribution in [3.8, 4) is 5.75 Å². The van der Waals surface area contributed by atoms with Gasteiger partial charge in [0, 0.05) is 41.7 Å². The number of ether oxygens (including phenoxy) is 2. The Morgan fingerprint density at radius 2 is 1.70 bits per heavy atom. The molecule has 1 aliphatic heterocycles. The third kappa shape index (κ3) is 5.28. The molecule has 3 aromatic rings. The molecule has 0 saturated carbocycles. The molecular weight excluding hydrogens is 400 g/mol. The molecule has 8 heteroatoms. The lowest BCUT2D eigenvalue weighted by atomic mass is 10.1. The summed E-state index contributed by atoms with van der Waals surface area (Å²) in [5.41, 5.74) is 3.03. The number of rotatable bonds is 7. The predicted octanol–water partition coefficient (Wildman–Crippen LogP) is 4.74. The van der Waals surface area contributed by atoms with E-state index in [0.29, 0.717) is 16.9 Å². The lowest BCUT2D eigenvalue weighted by molar-refractivity contribution is 0.0904. The zero-order valence-corrected chi connectivity index (χ0v) is 17.5. The third-order valence-corrected chi connectivity index (χ3v) is 5.57. The largest absolute Gasteiger partial charge is 0.497 e. The first-order chi connectivity index (χ1) is 14.7. The van der Waals surface area contributed by atoms with Crippen molar-refractivity contribution in [2.75, 3.05) is 36.3 Å². The number of hydrogen-bond donors (Lipinski definition) is 3. The normalized spacial score (nSPS) is 14.2. The van der Waals surface area contributed by atoms with Gasteiger partial charge in [-0.25, -0.2) is 4.98 Å². The van der Waals surface area contributed by atoms with Crippen molar-refractivity contribution in [2.24, 2.45) is 0 Å². The maximum atomic E-state index is 12.5. The molecule has 2 heterocycles. The molecule has 2 aromatic carbocycles. The highest BCUT2D eigenvalue weighted by Crippen LogP contribution is 2.24. The molecule has 0 aliphatic carbocycles. The molecule has 0 radical (unpaired) electrons. The van der Waals surface area contributed by atoms with E-state index in [4.69, 9.17) is 9.47 Å².